The van der Waals surface area contributed by atoms with Crippen LogP contribution in [0.3, 0.4) is 0 Å². The predicted molar refractivity (Wildman–Crippen MR) is 113 cm³/mol. The Bertz CT molecular complexity index is 1040. The molecule has 0 unspecified atom stereocenters. The number of amides is 1. The molecule has 0 aliphatic carbocycles. The molecule has 5 nitrogen and oxygen atoms in total. The SMILES string of the molecule is COc1ccc(Cl)cc1-n1c(C)cc(/C=N\NC(=O)c2ccc(Cl)cc2)c1C. The maximum atomic E-state index is 12.1. The third kappa shape index (κ3) is 4.21. The smallest absolute Gasteiger partial charge is 0.271 e. The fourth-order valence-corrected chi connectivity index (χ4v) is 3.25. The van der Waals surface area contributed by atoms with E-state index in [0.717, 1.165) is 22.6 Å². The highest BCUT2D eigenvalue weighted by Gasteiger charge is 2.14. The molecule has 0 saturated heterocycles. The molecule has 0 radical (unpaired) electrons. The van der Waals surface area contributed by atoms with E-state index in [2.05, 4.69) is 10.5 Å². The van der Waals surface area contributed by atoms with E-state index < -0.39 is 0 Å². The van der Waals surface area contributed by atoms with Gasteiger partial charge in [0.2, 0.25) is 0 Å². The number of hydrogen-bond donors (Lipinski definition) is 1. The molecule has 0 fully saturated rings. The predicted octanol–water partition coefficient (Wildman–Crippen LogP) is 5.17. The molecule has 3 aromatic rings. The molecule has 0 aliphatic heterocycles. The van der Waals surface area contributed by atoms with Crippen molar-refractivity contribution in [3.05, 3.63) is 81.1 Å². The maximum Gasteiger partial charge on any atom is 0.271 e. The van der Waals surface area contributed by atoms with Gasteiger partial charge in [-0.15, -0.1) is 0 Å². The number of nitrogens with zero attached hydrogens (tertiary/aromatic N) is 2. The first-order valence-corrected chi connectivity index (χ1v) is 9.28. The Kier molecular flexibility index (Phi) is 6.07. The Morgan fingerprint density at radius 1 is 1.07 bits per heavy atom. The third-order valence-corrected chi connectivity index (χ3v) is 4.82. The minimum atomic E-state index is -0.307. The van der Waals surface area contributed by atoms with Gasteiger partial charge in [0.05, 0.1) is 19.0 Å². The molecule has 1 aromatic heterocycles. The average Bonchev–Trinajstić information content (AvgIpc) is 2.95. The topological polar surface area (TPSA) is 55.6 Å². The molecule has 3 rings (SSSR count). The first-order chi connectivity index (χ1) is 13.4. The number of hydrogen-bond acceptors (Lipinski definition) is 3. The number of benzene rings is 2. The van der Waals surface area contributed by atoms with Gasteiger partial charge in [0, 0.05) is 32.6 Å². The number of carbonyl (C=O) groups is 1. The van der Waals surface area contributed by atoms with Gasteiger partial charge in [-0.1, -0.05) is 23.2 Å². The van der Waals surface area contributed by atoms with Crippen molar-refractivity contribution in [2.24, 2.45) is 5.10 Å². The van der Waals surface area contributed by atoms with E-state index in [4.69, 9.17) is 27.9 Å². The van der Waals surface area contributed by atoms with Crippen LogP contribution < -0.4 is 10.2 Å². The van der Waals surface area contributed by atoms with E-state index in [1.165, 1.54) is 0 Å². The lowest BCUT2D eigenvalue weighted by molar-refractivity contribution is 0.0955. The molecule has 7 heteroatoms. The number of methoxy groups -OCH3 is 1. The van der Waals surface area contributed by atoms with E-state index in [1.54, 1.807) is 43.7 Å². The fraction of sp³-hybridized carbons (Fsp3) is 0.143. The van der Waals surface area contributed by atoms with Crippen molar-refractivity contribution in [3.63, 3.8) is 0 Å². The lowest BCUT2D eigenvalue weighted by atomic mass is 10.2. The molecule has 0 bridgehead atoms. The molecule has 1 heterocycles. The van der Waals surface area contributed by atoms with Crippen LogP contribution in [0.2, 0.25) is 10.0 Å². The number of aromatic nitrogens is 1. The molecule has 0 spiro atoms. The maximum absolute atomic E-state index is 12.1. The molecule has 0 saturated carbocycles. The Hall–Kier alpha value is -2.76. The lowest BCUT2D eigenvalue weighted by Crippen LogP contribution is -2.17. The van der Waals surface area contributed by atoms with Gasteiger partial charge in [0.1, 0.15) is 5.75 Å². The van der Waals surface area contributed by atoms with E-state index >= 15 is 0 Å². The zero-order valence-electron chi connectivity index (χ0n) is 15.7. The third-order valence-electron chi connectivity index (χ3n) is 4.33. The Morgan fingerprint density at radius 3 is 2.43 bits per heavy atom. The van der Waals surface area contributed by atoms with Gasteiger partial charge >= 0.3 is 0 Å². The van der Waals surface area contributed by atoms with E-state index in [0.29, 0.717) is 21.4 Å². The molecular weight excluding hydrogens is 397 g/mol. The standard InChI is InChI=1S/C21H19Cl2N3O2/c1-13-10-16(12-24-25-21(27)15-4-6-17(22)7-5-15)14(2)26(13)19-11-18(23)8-9-20(19)28-3/h4-12H,1-3H3,(H,25,27)/b24-12-. The number of hydrazone groups is 1. The van der Waals surface area contributed by atoms with E-state index in [1.807, 2.05) is 36.6 Å². The second-order valence-corrected chi connectivity index (χ2v) is 7.06. The normalized spacial score (nSPS) is 11.0. The van der Waals surface area contributed by atoms with Crippen LogP contribution in [0.5, 0.6) is 5.75 Å². The van der Waals surface area contributed by atoms with E-state index in [-0.39, 0.29) is 5.91 Å². The van der Waals surface area contributed by atoms with Crippen LogP contribution in [0, 0.1) is 13.8 Å². The summed E-state index contributed by atoms with van der Waals surface area (Å²) < 4.78 is 7.50. The zero-order chi connectivity index (χ0) is 20.3. The second kappa shape index (κ2) is 8.50. The van der Waals surface area contributed by atoms with Crippen molar-refractivity contribution < 1.29 is 9.53 Å². The van der Waals surface area contributed by atoms with Gasteiger partial charge in [-0.25, -0.2) is 5.43 Å². The summed E-state index contributed by atoms with van der Waals surface area (Å²) in [5, 5.41) is 5.27. The quantitative estimate of drug-likeness (QED) is 0.461. The van der Waals surface area contributed by atoms with Gasteiger partial charge in [0.15, 0.2) is 0 Å². The monoisotopic (exact) mass is 415 g/mol. The van der Waals surface area contributed by atoms with Crippen LogP contribution in [-0.2, 0) is 0 Å². The highest BCUT2D eigenvalue weighted by Crippen LogP contribution is 2.30. The first-order valence-electron chi connectivity index (χ1n) is 8.52. The summed E-state index contributed by atoms with van der Waals surface area (Å²) in [5.74, 6) is 0.406. The van der Waals surface area contributed by atoms with Crippen LogP contribution in [0.1, 0.15) is 27.3 Å². The highest BCUT2D eigenvalue weighted by atomic mass is 35.5. The Labute approximate surface area is 173 Å². The molecule has 0 aliphatic rings. The number of halogens is 2. The van der Waals surface area contributed by atoms with Gasteiger partial charge in [-0.05, 0) is 62.4 Å². The highest BCUT2D eigenvalue weighted by molar-refractivity contribution is 6.31. The second-order valence-electron chi connectivity index (χ2n) is 6.18. The molecular formula is C21H19Cl2N3O2. The summed E-state index contributed by atoms with van der Waals surface area (Å²) in [5.41, 5.74) is 6.66. The van der Waals surface area contributed by atoms with Crippen molar-refractivity contribution >= 4 is 35.3 Å². The summed E-state index contributed by atoms with van der Waals surface area (Å²) in [6.45, 7) is 3.95. The average molecular weight is 416 g/mol. The van der Waals surface area contributed by atoms with Crippen molar-refractivity contribution in [1.29, 1.82) is 0 Å². The van der Waals surface area contributed by atoms with Crippen molar-refractivity contribution in [1.82, 2.24) is 9.99 Å². The summed E-state index contributed by atoms with van der Waals surface area (Å²) in [7, 11) is 1.62. The summed E-state index contributed by atoms with van der Waals surface area (Å²) in [6, 6.07) is 14.0. The van der Waals surface area contributed by atoms with Crippen LogP contribution in [0.15, 0.2) is 53.6 Å². The molecule has 1 N–H and O–H groups in total. The largest absolute Gasteiger partial charge is 0.495 e. The van der Waals surface area contributed by atoms with Crippen molar-refractivity contribution in [3.8, 4) is 11.4 Å². The first kappa shape index (κ1) is 20.0. The summed E-state index contributed by atoms with van der Waals surface area (Å²) >= 11 is 12.0. The van der Waals surface area contributed by atoms with Crippen LogP contribution in [0.25, 0.3) is 5.69 Å². The van der Waals surface area contributed by atoms with Crippen molar-refractivity contribution in [2.45, 2.75) is 13.8 Å². The van der Waals surface area contributed by atoms with Gasteiger partial charge in [-0.3, -0.25) is 4.79 Å². The number of rotatable bonds is 5. The van der Waals surface area contributed by atoms with Gasteiger partial charge in [-0.2, -0.15) is 5.10 Å². The van der Waals surface area contributed by atoms with Crippen molar-refractivity contribution in [2.75, 3.05) is 7.11 Å². The number of aryl methyl sites for hydroxylation is 1. The van der Waals surface area contributed by atoms with Crippen LogP contribution in [-0.4, -0.2) is 23.8 Å². The lowest BCUT2D eigenvalue weighted by Gasteiger charge is -2.14. The minimum absolute atomic E-state index is 0.307. The number of carbonyl (C=O) groups excluding carboxylic acids is 1. The van der Waals surface area contributed by atoms with Gasteiger partial charge < -0.3 is 9.30 Å². The molecule has 28 heavy (non-hydrogen) atoms. The van der Waals surface area contributed by atoms with Crippen LogP contribution in [0.4, 0.5) is 0 Å². The molecule has 1 amide bonds. The molecule has 2 aromatic carbocycles. The Morgan fingerprint density at radius 2 is 1.75 bits per heavy atom. The fourth-order valence-electron chi connectivity index (χ4n) is 2.95. The van der Waals surface area contributed by atoms with E-state index in [9.17, 15) is 4.79 Å². The number of ether oxygens (including phenoxy) is 1. The minimum Gasteiger partial charge on any atom is -0.495 e. The van der Waals surface area contributed by atoms with Gasteiger partial charge in [0.25, 0.3) is 5.91 Å². The number of nitrogens with one attached hydrogen (secondary N) is 1. The zero-order valence-corrected chi connectivity index (χ0v) is 17.2. The Balaban J connectivity index is 1.84. The summed E-state index contributed by atoms with van der Waals surface area (Å²) in [4.78, 5) is 12.1. The van der Waals surface area contributed by atoms with Crippen LogP contribution >= 0.6 is 23.2 Å². The molecule has 0 atom stereocenters. The molecule has 144 valence electrons. The summed E-state index contributed by atoms with van der Waals surface area (Å²) in [6.07, 6.45) is 1.61.